The van der Waals surface area contributed by atoms with Crippen molar-refractivity contribution in [1.82, 2.24) is 10.2 Å². The van der Waals surface area contributed by atoms with Crippen LogP contribution in [0.1, 0.15) is 32.1 Å². The minimum Gasteiger partial charge on any atom is -0.312 e. The molecule has 1 saturated heterocycles. The summed E-state index contributed by atoms with van der Waals surface area (Å²) < 4.78 is 22.4. The Morgan fingerprint density at radius 2 is 2.00 bits per heavy atom. The van der Waals surface area contributed by atoms with Gasteiger partial charge in [-0.15, -0.1) is 0 Å². The van der Waals surface area contributed by atoms with Crippen molar-refractivity contribution in [1.29, 1.82) is 0 Å². The normalized spacial score (nSPS) is 27.2. The van der Waals surface area contributed by atoms with Crippen LogP contribution in [0.15, 0.2) is 0 Å². The van der Waals surface area contributed by atoms with Crippen molar-refractivity contribution in [2.24, 2.45) is 0 Å². The molecule has 1 unspecified atom stereocenters. The van der Waals surface area contributed by atoms with Crippen LogP contribution in [0.25, 0.3) is 0 Å². The van der Waals surface area contributed by atoms with Gasteiger partial charge in [0.1, 0.15) is 9.84 Å². The van der Waals surface area contributed by atoms with Gasteiger partial charge in [0.25, 0.3) is 0 Å². The summed E-state index contributed by atoms with van der Waals surface area (Å²) in [5.41, 5.74) is 0. The maximum Gasteiger partial charge on any atom is 0.148 e. The van der Waals surface area contributed by atoms with Gasteiger partial charge in [0.2, 0.25) is 0 Å². The van der Waals surface area contributed by atoms with Crippen molar-refractivity contribution in [3.8, 4) is 0 Å². The van der Waals surface area contributed by atoms with Crippen LogP contribution in [-0.2, 0) is 9.84 Å². The van der Waals surface area contributed by atoms with Gasteiger partial charge >= 0.3 is 0 Å². The second kappa shape index (κ2) is 5.67. The molecule has 2 fully saturated rings. The van der Waals surface area contributed by atoms with Gasteiger partial charge in [0, 0.05) is 31.4 Å². The van der Waals surface area contributed by atoms with E-state index in [-0.39, 0.29) is 0 Å². The van der Waals surface area contributed by atoms with E-state index in [9.17, 15) is 8.42 Å². The van der Waals surface area contributed by atoms with E-state index in [1.807, 2.05) is 0 Å². The summed E-state index contributed by atoms with van der Waals surface area (Å²) in [5.74, 6) is 0.299. The maximum atomic E-state index is 11.2. The fourth-order valence-corrected chi connectivity index (χ4v) is 3.02. The number of hydrogen-bond acceptors (Lipinski definition) is 4. The number of likely N-dealkylation sites (tertiary alicyclic amines) is 1. The smallest absolute Gasteiger partial charge is 0.148 e. The predicted octanol–water partition coefficient (Wildman–Crippen LogP) is 0.638. The van der Waals surface area contributed by atoms with E-state index in [4.69, 9.17) is 0 Å². The molecule has 0 amide bonds. The van der Waals surface area contributed by atoms with Crippen molar-refractivity contribution in [3.05, 3.63) is 0 Å². The van der Waals surface area contributed by atoms with Gasteiger partial charge in [-0.1, -0.05) is 6.42 Å². The Bertz CT molecular complexity index is 338. The first-order valence-electron chi connectivity index (χ1n) is 6.70. The molecule has 100 valence electrons. The molecule has 1 heterocycles. The Labute approximate surface area is 105 Å². The second-order valence-corrected chi connectivity index (χ2v) is 7.76. The number of piperidine rings is 1. The van der Waals surface area contributed by atoms with Crippen LogP contribution in [0.5, 0.6) is 0 Å². The van der Waals surface area contributed by atoms with Crippen molar-refractivity contribution in [2.45, 2.75) is 44.2 Å². The van der Waals surface area contributed by atoms with E-state index >= 15 is 0 Å². The van der Waals surface area contributed by atoms with Crippen LogP contribution in [0.3, 0.4) is 0 Å². The molecule has 1 aliphatic heterocycles. The largest absolute Gasteiger partial charge is 0.312 e. The van der Waals surface area contributed by atoms with Crippen LogP contribution in [0, 0.1) is 0 Å². The molecule has 0 radical (unpaired) electrons. The third kappa shape index (κ3) is 4.94. The Morgan fingerprint density at radius 3 is 2.65 bits per heavy atom. The van der Waals surface area contributed by atoms with Crippen molar-refractivity contribution in [2.75, 3.05) is 31.6 Å². The first-order chi connectivity index (χ1) is 8.04. The molecule has 0 aromatic rings. The highest BCUT2D eigenvalue weighted by atomic mass is 32.2. The molecule has 0 aromatic heterocycles. The summed E-state index contributed by atoms with van der Waals surface area (Å²) in [5, 5.41) is 3.56. The van der Waals surface area contributed by atoms with Gasteiger partial charge in [-0.2, -0.15) is 0 Å². The minimum absolute atomic E-state index is 0.299. The summed E-state index contributed by atoms with van der Waals surface area (Å²) in [7, 11) is -2.83. The Hall–Kier alpha value is -0.130. The summed E-state index contributed by atoms with van der Waals surface area (Å²) in [6, 6.07) is 1.29. The zero-order chi connectivity index (χ0) is 12.3. The van der Waals surface area contributed by atoms with E-state index in [2.05, 4.69) is 10.2 Å². The maximum absolute atomic E-state index is 11.2. The quantitative estimate of drug-likeness (QED) is 0.761. The van der Waals surface area contributed by atoms with E-state index in [1.165, 1.54) is 38.4 Å². The van der Waals surface area contributed by atoms with Crippen LogP contribution in [0.4, 0.5) is 0 Å². The Balaban J connectivity index is 1.78. The number of rotatable bonds is 6. The minimum atomic E-state index is -2.83. The SMILES string of the molecule is CS(=O)(=O)CCN1CCCCC1CNC1CC1. The van der Waals surface area contributed by atoms with Crippen LogP contribution < -0.4 is 5.32 Å². The number of nitrogens with zero attached hydrogens (tertiary/aromatic N) is 1. The van der Waals surface area contributed by atoms with Crippen LogP contribution in [0.2, 0.25) is 0 Å². The lowest BCUT2D eigenvalue weighted by atomic mass is 10.0. The molecule has 1 N–H and O–H groups in total. The molecule has 1 saturated carbocycles. The third-order valence-corrected chi connectivity index (χ3v) is 4.64. The van der Waals surface area contributed by atoms with E-state index < -0.39 is 9.84 Å². The molecule has 1 aliphatic carbocycles. The number of hydrogen-bond donors (Lipinski definition) is 1. The highest BCUT2D eigenvalue weighted by Gasteiger charge is 2.26. The molecule has 0 spiro atoms. The highest BCUT2D eigenvalue weighted by molar-refractivity contribution is 7.90. The second-order valence-electron chi connectivity index (χ2n) is 5.50. The molecule has 4 nitrogen and oxygen atoms in total. The monoisotopic (exact) mass is 260 g/mol. The van der Waals surface area contributed by atoms with Gasteiger partial charge in [0.05, 0.1) is 5.75 Å². The number of nitrogens with one attached hydrogen (secondary N) is 1. The van der Waals surface area contributed by atoms with Gasteiger partial charge < -0.3 is 5.32 Å². The average molecular weight is 260 g/mol. The van der Waals surface area contributed by atoms with Gasteiger partial charge in [0.15, 0.2) is 0 Å². The lowest BCUT2D eigenvalue weighted by Gasteiger charge is -2.35. The fourth-order valence-electron chi connectivity index (χ4n) is 2.46. The summed E-state index contributed by atoms with van der Waals surface area (Å²) in [4.78, 5) is 2.36. The van der Waals surface area contributed by atoms with Crippen LogP contribution >= 0.6 is 0 Å². The summed E-state index contributed by atoms with van der Waals surface area (Å²) in [6.07, 6.45) is 7.67. The molecular formula is C12H24N2O2S. The average Bonchev–Trinajstić information content (AvgIpc) is 3.07. The van der Waals surface area contributed by atoms with E-state index in [0.717, 1.165) is 19.1 Å². The van der Waals surface area contributed by atoms with E-state index in [1.54, 1.807) is 0 Å². The fraction of sp³-hybridized carbons (Fsp3) is 1.00. The first-order valence-corrected chi connectivity index (χ1v) is 8.76. The summed E-state index contributed by atoms with van der Waals surface area (Å²) in [6.45, 7) is 2.80. The lowest BCUT2D eigenvalue weighted by Crippen LogP contribution is -2.47. The number of sulfone groups is 1. The molecule has 2 rings (SSSR count). The molecule has 0 aromatic carbocycles. The highest BCUT2D eigenvalue weighted by Crippen LogP contribution is 2.21. The van der Waals surface area contributed by atoms with Crippen molar-refractivity contribution >= 4 is 9.84 Å². The van der Waals surface area contributed by atoms with Crippen molar-refractivity contribution < 1.29 is 8.42 Å². The van der Waals surface area contributed by atoms with Gasteiger partial charge in [-0.3, -0.25) is 4.90 Å². The van der Waals surface area contributed by atoms with Crippen molar-refractivity contribution in [3.63, 3.8) is 0 Å². The zero-order valence-electron chi connectivity index (χ0n) is 10.7. The standard InChI is InChI=1S/C12H24N2O2S/c1-17(15,16)9-8-14-7-3-2-4-12(14)10-13-11-5-6-11/h11-13H,2-10H2,1H3. The summed E-state index contributed by atoms with van der Waals surface area (Å²) >= 11 is 0. The first kappa shape index (κ1) is 13.3. The van der Waals surface area contributed by atoms with Gasteiger partial charge in [-0.05, 0) is 32.2 Å². The third-order valence-electron chi connectivity index (χ3n) is 3.72. The molecule has 1 atom stereocenters. The molecule has 17 heavy (non-hydrogen) atoms. The molecule has 5 heteroatoms. The lowest BCUT2D eigenvalue weighted by molar-refractivity contribution is 0.154. The molecule has 2 aliphatic rings. The topological polar surface area (TPSA) is 49.4 Å². The zero-order valence-corrected chi connectivity index (χ0v) is 11.5. The van der Waals surface area contributed by atoms with Gasteiger partial charge in [-0.25, -0.2) is 8.42 Å². The molecular weight excluding hydrogens is 236 g/mol. The molecule has 0 bridgehead atoms. The predicted molar refractivity (Wildman–Crippen MR) is 69.9 cm³/mol. The van der Waals surface area contributed by atoms with Crippen LogP contribution in [-0.4, -0.2) is 57.0 Å². The van der Waals surface area contributed by atoms with E-state index in [0.29, 0.717) is 18.3 Å². The Kier molecular flexibility index (Phi) is 4.44. The Morgan fingerprint density at radius 1 is 1.24 bits per heavy atom.